The lowest BCUT2D eigenvalue weighted by molar-refractivity contribution is -0.0208. The molecule has 0 saturated heterocycles. The first-order chi connectivity index (χ1) is 11.7. The van der Waals surface area contributed by atoms with E-state index in [9.17, 15) is 22.9 Å². The summed E-state index contributed by atoms with van der Waals surface area (Å²) in [7, 11) is -4.86. The molecule has 136 valence electrons. The molecule has 25 heavy (non-hydrogen) atoms. The Hall–Kier alpha value is -1.44. The molecular formula is C18H21O6S-. The van der Waals surface area contributed by atoms with Crippen molar-refractivity contribution in [1.82, 2.24) is 0 Å². The largest absolute Gasteiger partial charge is 0.716 e. The van der Waals surface area contributed by atoms with Crippen molar-refractivity contribution in [3.8, 4) is 5.75 Å². The maximum atomic E-state index is 12.7. The molecule has 4 rings (SSSR count). The highest BCUT2D eigenvalue weighted by atomic mass is 32.3. The van der Waals surface area contributed by atoms with Gasteiger partial charge < -0.3 is 13.8 Å². The van der Waals surface area contributed by atoms with Gasteiger partial charge in [-0.1, -0.05) is 13.0 Å². The maximum Gasteiger partial charge on any atom is 0.262 e. The number of carbonyl (C=O) groups is 1. The Morgan fingerprint density at radius 1 is 1.28 bits per heavy atom. The van der Waals surface area contributed by atoms with Crippen molar-refractivity contribution in [3.05, 3.63) is 29.3 Å². The van der Waals surface area contributed by atoms with Crippen LogP contribution >= 0.6 is 0 Å². The van der Waals surface area contributed by atoms with Gasteiger partial charge >= 0.3 is 0 Å². The molecule has 6 nitrogen and oxygen atoms in total. The molecule has 1 unspecified atom stereocenters. The zero-order chi connectivity index (χ0) is 18.0. The Labute approximate surface area is 147 Å². The Balaban J connectivity index is 1.70. The molecule has 0 amide bonds. The predicted octanol–water partition coefficient (Wildman–Crippen LogP) is 2.38. The third kappa shape index (κ3) is 2.69. The molecule has 1 N–H and O–H groups in total. The van der Waals surface area contributed by atoms with Crippen LogP contribution in [0.4, 0.5) is 0 Å². The van der Waals surface area contributed by atoms with Crippen molar-refractivity contribution in [3.63, 3.8) is 0 Å². The minimum absolute atomic E-state index is 0.0457. The van der Waals surface area contributed by atoms with Crippen LogP contribution in [0.15, 0.2) is 18.2 Å². The van der Waals surface area contributed by atoms with Crippen LogP contribution in [0, 0.1) is 17.3 Å². The predicted molar refractivity (Wildman–Crippen MR) is 88.0 cm³/mol. The Morgan fingerprint density at radius 3 is 2.76 bits per heavy atom. The lowest BCUT2D eigenvalue weighted by Gasteiger charge is -2.49. The van der Waals surface area contributed by atoms with E-state index in [-0.39, 0.29) is 34.9 Å². The summed E-state index contributed by atoms with van der Waals surface area (Å²) in [6.07, 6.45) is 3.65. The molecule has 3 aliphatic carbocycles. The summed E-state index contributed by atoms with van der Waals surface area (Å²) >= 11 is 0. The lowest BCUT2D eigenvalue weighted by atomic mass is 9.55. The third-order valence-corrected chi connectivity index (χ3v) is 7.13. The summed E-state index contributed by atoms with van der Waals surface area (Å²) in [5, 5.41) is 10.4. The van der Waals surface area contributed by atoms with Crippen LogP contribution < -0.4 is 4.18 Å². The minimum atomic E-state index is -4.86. The molecule has 0 aliphatic heterocycles. The molecule has 0 aromatic heterocycles. The average Bonchev–Trinajstić information content (AvgIpc) is 2.82. The van der Waals surface area contributed by atoms with Gasteiger partial charge in [0.2, 0.25) is 0 Å². The van der Waals surface area contributed by atoms with Gasteiger partial charge in [0.15, 0.2) is 5.78 Å². The Morgan fingerprint density at radius 2 is 2.04 bits per heavy atom. The minimum Gasteiger partial charge on any atom is -0.716 e. The van der Waals surface area contributed by atoms with Gasteiger partial charge in [-0.25, -0.2) is 8.42 Å². The van der Waals surface area contributed by atoms with Crippen molar-refractivity contribution in [1.29, 1.82) is 0 Å². The van der Waals surface area contributed by atoms with Crippen molar-refractivity contribution in [2.24, 2.45) is 17.3 Å². The quantitative estimate of drug-likeness (QED) is 0.637. The molecule has 3 aliphatic rings. The maximum absolute atomic E-state index is 12.7. The van der Waals surface area contributed by atoms with Gasteiger partial charge in [-0.15, -0.1) is 0 Å². The number of Topliss-reactive ketones (excluding diaryl/α,β-unsaturated/α-hetero) is 1. The molecule has 0 radical (unpaired) electrons. The van der Waals surface area contributed by atoms with E-state index in [0.717, 1.165) is 31.2 Å². The van der Waals surface area contributed by atoms with E-state index in [1.807, 2.05) is 0 Å². The standard InChI is InChI=1S/C18H22O6S/c1-18-7-6-12-11-3-2-10(24-25(21,22)23)8-14(11)16(19)9-13(12)15(18)4-5-17(18)20/h2-3,8,12-13,15,17,20H,4-7,9H2,1H3,(H,21,22,23)/p-1/t12-,13-,15+,17?,18+/m1/s1. The van der Waals surface area contributed by atoms with E-state index < -0.39 is 10.4 Å². The second-order valence-corrected chi connectivity index (χ2v) is 8.87. The van der Waals surface area contributed by atoms with E-state index in [2.05, 4.69) is 11.1 Å². The van der Waals surface area contributed by atoms with Gasteiger partial charge in [-0.05, 0) is 66.5 Å². The zero-order valence-corrected chi connectivity index (χ0v) is 14.8. The lowest BCUT2D eigenvalue weighted by Crippen LogP contribution is -2.44. The van der Waals surface area contributed by atoms with E-state index in [1.165, 1.54) is 12.1 Å². The molecule has 0 heterocycles. The second kappa shape index (κ2) is 5.53. The molecule has 5 atom stereocenters. The number of benzene rings is 1. The highest BCUT2D eigenvalue weighted by Crippen LogP contribution is 2.60. The number of aliphatic hydroxyl groups excluding tert-OH is 1. The highest BCUT2D eigenvalue weighted by molar-refractivity contribution is 7.81. The third-order valence-electron chi connectivity index (χ3n) is 6.73. The summed E-state index contributed by atoms with van der Waals surface area (Å²) < 4.78 is 36.7. The number of rotatable bonds is 2. The van der Waals surface area contributed by atoms with Crippen LogP contribution in [0.25, 0.3) is 0 Å². The number of hydrogen-bond acceptors (Lipinski definition) is 6. The summed E-state index contributed by atoms with van der Waals surface area (Å²) in [6.45, 7) is 2.14. The summed E-state index contributed by atoms with van der Waals surface area (Å²) in [5.74, 6) is 0.615. The van der Waals surface area contributed by atoms with Crippen LogP contribution in [0.1, 0.15) is 60.9 Å². The van der Waals surface area contributed by atoms with Gasteiger partial charge in [0.05, 0.1) is 6.10 Å². The SMILES string of the molecule is C[C@]12CC[C@@H]3c4ccc(OS(=O)(=O)[O-])cc4C(=O)C[C@H]3[C@@H]1CCC2O. The van der Waals surface area contributed by atoms with Crippen molar-refractivity contribution >= 4 is 16.2 Å². The first-order valence-corrected chi connectivity index (χ1v) is 10.0. The molecule has 2 fully saturated rings. The molecule has 0 bridgehead atoms. The molecule has 1 aromatic rings. The smallest absolute Gasteiger partial charge is 0.262 e. The monoisotopic (exact) mass is 365 g/mol. The van der Waals surface area contributed by atoms with E-state index in [1.54, 1.807) is 6.07 Å². The fourth-order valence-electron chi connectivity index (χ4n) is 5.52. The van der Waals surface area contributed by atoms with Crippen LogP contribution in [-0.2, 0) is 10.4 Å². The van der Waals surface area contributed by atoms with Gasteiger partial charge in [0.1, 0.15) is 5.75 Å². The Kier molecular flexibility index (Phi) is 3.76. The normalized spacial score (nSPS) is 37.2. The van der Waals surface area contributed by atoms with Gasteiger partial charge in [-0.2, -0.15) is 0 Å². The fraction of sp³-hybridized carbons (Fsp3) is 0.611. The van der Waals surface area contributed by atoms with Gasteiger partial charge in [-0.3, -0.25) is 4.79 Å². The number of fused-ring (bicyclic) bond motifs is 5. The number of aliphatic hydroxyl groups is 1. The summed E-state index contributed by atoms with van der Waals surface area (Å²) in [5.41, 5.74) is 1.27. The van der Waals surface area contributed by atoms with Crippen molar-refractivity contribution in [2.75, 3.05) is 0 Å². The van der Waals surface area contributed by atoms with E-state index >= 15 is 0 Å². The summed E-state index contributed by atoms with van der Waals surface area (Å²) in [6, 6.07) is 4.54. The van der Waals surface area contributed by atoms with Crippen molar-refractivity contribution in [2.45, 2.75) is 51.0 Å². The van der Waals surface area contributed by atoms with E-state index in [4.69, 9.17) is 0 Å². The van der Waals surface area contributed by atoms with Crippen molar-refractivity contribution < 1.29 is 27.1 Å². The molecule has 0 spiro atoms. The zero-order valence-electron chi connectivity index (χ0n) is 14.0. The number of ketones is 1. The number of hydrogen-bond donors (Lipinski definition) is 1. The van der Waals surface area contributed by atoms with Gasteiger partial charge in [0.25, 0.3) is 10.4 Å². The van der Waals surface area contributed by atoms with Gasteiger partial charge in [0, 0.05) is 12.0 Å². The summed E-state index contributed by atoms with van der Waals surface area (Å²) in [4.78, 5) is 12.7. The Bertz CT molecular complexity index is 832. The second-order valence-electron chi connectivity index (χ2n) is 7.88. The molecule has 1 aromatic carbocycles. The molecule has 2 saturated carbocycles. The van der Waals surface area contributed by atoms with Crippen LogP contribution in [0.3, 0.4) is 0 Å². The fourth-order valence-corrected chi connectivity index (χ4v) is 5.86. The highest BCUT2D eigenvalue weighted by Gasteiger charge is 2.55. The molecule has 7 heteroatoms. The topological polar surface area (TPSA) is 104 Å². The van der Waals surface area contributed by atoms with Crippen LogP contribution in [0.5, 0.6) is 5.75 Å². The van der Waals surface area contributed by atoms with Crippen LogP contribution in [0.2, 0.25) is 0 Å². The molecular weight excluding hydrogens is 344 g/mol. The van der Waals surface area contributed by atoms with Crippen LogP contribution in [-0.4, -0.2) is 30.0 Å². The average molecular weight is 365 g/mol. The first-order valence-electron chi connectivity index (χ1n) is 8.69. The number of carbonyl (C=O) groups excluding carboxylic acids is 1. The first kappa shape index (κ1) is 17.0. The van der Waals surface area contributed by atoms with E-state index in [0.29, 0.717) is 17.9 Å².